The molecule has 0 amide bonds. The van der Waals surface area contributed by atoms with Crippen LogP contribution >= 0.6 is 0 Å². The van der Waals surface area contributed by atoms with Crippen molar-refractivity contribution in [1.82, 2.24) is 0 Å². The molecule has 0 radical (unpaired) electrons. The average molecular weight is 228 g/mol. The molecule has 17 heavy (non-hydrogen) atoms. The van der Waals surface area contributed by atoms with Gasteiger partial charge >= 0.3 is 0 Å². The van der Waals surface area contributed by atoms with Crippen LogP contribution in [0.3, 0.4) is 0 Å². The van der Waals surface area contributed by atoms with Crippen molar-refractivity contribution in [1.29, 1.82) is 0 Å². The third-order valence-corrected chi connectivity index (χ3v) is 2.89. The summed E-state index contributed by atoms with van der Waals surface area (Å²) >= 11 is 0. The van der Waals surface area contributed by atoms with E-state index in [0.29, 0.717) is 5.56 Å². The van der Waals surface area contributed by atoms with E-state index in [1.807, 2.05) is 19.9 Å². The largest absolute Gasteiger partial charge is 0.288 e. The van der Waals surface area contributed by atoms with E-state index in [2.05, 4.69) is 0 Å². The first-order valence-electron chi connectivity index (χ1n) is 5.46. The van der Waals surface area contributed by atoms with Crippen molar-refractivity contribution < 1.29 is 9.18 Å². The molecule has 2 aromatic rings. The second-order valence-corrected chi connectivity index (χ2v) is 4.11. The van der Waals surface area contributed by atoms with E-state index in [1.165, 1.54) is 12.1 Å². The number of ketones is 1. The van der Waals surface area contributed by atoms with Gasteiger partial charge in [0.2, 0.25) is 0 Å². The third kappa shape index (κ3) is 2.26. The van der Waals surface area contributed by atoms with Crippen molar-refractivity contribution in [2.75, 3.05) is 0 Å². The normalized spacial score (nSPS) is 10.3. The van der Waals surface area contributed by atoms with Crippen LogP contribution < -0.4 is 0 Å². The van der Waals surface area contributed by atoms with Gasteiger partial charge in [-0.1, -0.05) is 24.3 Å². The lowest BCUT2D eigenvalue weighted by atomic mass is 9.99. The molecule has 2 aromatic carbocycles. The fraction of sp³-hybridized carbons (Fsp3) is 0.133. The number of hydrogen-bond acceptors (Lipinski definition) is 1. The highest BCUT2D eigenvalue weighted by molar-refractivity contribution is 6.09. The highest BCUT2D eigenvalue weighted by Gasteiger charge is 2.13. The van der Waals surface area contributed by atoms with Gasteiger partial charge in [-0.25, -0.2) is 4.39 Å². The van der Waals surface area contributed by atoms with E-state index >= 15 is 0 Å². The molecular weight excluding hydrogens is 215 g/mol. The number of rotatable bonds is 2. The lowest BCUT2D eigenvalue weighted by molar-refractivity contribution is 0.103. The molecule has 2 heteroatoms. The van der Waals surface area contributed by atoms with Gasteiger partial charge in [-0.2, -0.15) is 0 Å². The van der Waals surface area contributed by atoms with Crippen molar-refractivity contribution in [3.05, 3.63) is 70.5 Å². The maximum Gasteiger partial charge on any atom is 0.195 e. The lowest BCUT2D eigenvalue weighted by Gasteiger charge is -2.05. The predicted octanol–water partition coefficient (Wildman–Crippen LogP) is 3.67. The zero-order chi connectivity index (χ0) is 12.4. The van der Waals surface area contributed by atoms with Crippen LogP contribution in [0, 0.1) is 19.7 Å². The van der Waals surface area contributed by atoms with Crippen molar-refractivity contribution in [3.63, 3.8) is 0 Å². The van der Waals surface area contributed by atoms with Crippen LogP contribution in [0.2, 0.25) is 0 Å². The molecule has 1 nitrogen and oxygen atoms in total. The van der Waals surface area contributed by atoms with Crippen LogP contribution in [-0.2, 0) is 0 Å². The Labute approximate surface area is 99.9 Å². The second-order valence-electron chi connectivity index (χ2n) is 4.11. The summed E-state index contributed by atoms with van der Waals surface area (Å²) in [6.45, 7) is 3.92. The number of carbonyl (C=O) groups is 1. The molecule has 0 heterocycles. The maximum atomic E-state index is 13.5. The van der Waals surface area contributed by atoms with E-state index in [4.69, 9.17) is 0 Å². The molecular formula is C15H13FO. The highest BCUT2D eigenvalue weighted by Crippen LogP contribution is 2.16. The topological polar surface area (TPSA) is 17.1 Å². The molecule has 0 aromatic heterocycles. The Balaban J connectivity index is 2.44. The SMILES string of the molecule is Cc1ccc(C(=O)c2ccccc2F)cc1C. The highest BCUT2D eigenvalue weighted by atomic mass is 19.1. The summed E-state index contributed by atoms with van der Waals surface area (Å²) < 4.78 is 13.5. The smallest absolute Gasteiger partial charge is 0.195 e. The molecule has 0 fully saturated rings. The summed E-state index contributed by atoms with van der Waals surface area (Å²) in [6.07, 6.45) is 0. The van der Waals surface area contributed by atoms with E-state index in [9.17, 15) is 9.18 Å². The number of halogens is 1. The van der Waals surface area contributed by atoms with Crippen molar-refractivity contribution >= 4 is 5.78 Å². The lowest BCUT2D eigenvalue weighted by Crippen LogP contribution is -2.04. The molecule has 0 unspecified atom stereocenters. The van der Waals surface area contributed by atoms with E-state index < -0.39 is 5.82 Å². The number of benzene rings is 2. The van der Waals surface area contributed by atoms with Crippen LogP contribution in [0.5, 0.6) is 0 Å². The van der Waals surface area contributed by atoms with Crippen LogP contribution in [0.4, 0.5) is 4.39 Å². The summed E-state index contributed by atoms with van der Waals surface area (Å²) in [5.74, 6) is -0.748. The molecule has 0 aliphatic carbocycles. The van der Waals surface area contributed by atoms with Crippen molar-refractivity contribution in [2.24, 2.45) is 0 Å². The Hall–Kier alpha value is -1.96. The van der Waals surface area contributed by atoms with Gasteiger partial charge in [-0.05, 0) is 43.2 Å². The maximum absolute atomic E-state index is 13.5. The minimum absolute atomic E-state index is 0.121. The minimum Gasteiger partial charge on any atom is -0.288 e. The van der Waals surface area contributed by atoms with Crippen LogP contribution in [0.15, 0.2) is 42.5 Å². The van der Waals surface area contributed by atoms with E-state index in [-0.39, 0.29) is 11.3 Å². The zero-order valence-corrected chi connectivity index (χ0v) is 9.83. The molecule has 0 saturated heterocycles. The Morgan fingerprint density at radius 1 is 1.00 bits per heavy atom. The average Bonchev–Trinajstić information content (AvgIpc) is 2.32. The number of hydrogen-bond donors (Lipinski definition) is 0. The van der Waals surface area contributed by atoms with Gasteiger partial charge in [0.05, 0.1) is 5.56 Å². The first-order chi connectivity index (χ1) is 8.09. The van der Waals surface area contributed by atoms with Crippen molar-refractivity contribution in [3.8, 4) is 0 Å². The first-order valence-corrected chi connectivity index (χ1v) is 5.46. The summed E-state index contributed by atoms with van der Waals surface area (Å²) in [7, 11) is 0. The first kappa shape index (κ1) is 11.5. The number of aryl methyl sites for hydroxylation is 2. The monoisotopic (exact) mass is 228 g/mol. The molecule has 0 atom stereocenters. The standard InChI is InChI=1S/C15H13FO/c1-10-7-8-12(9-11(10)2)15(17)13-5-3-4-6-14(13)16/h3-9H,1-2H3. The Morgan fingerprint density at radius 3 is 2.35 bits per heavy atom. The third-order valence-electron chi connectivity index (χ3n) is 2.89. The Kier molecular flexibility index (Phi) is 3.05. The molecule has 0 N–H and O–H groups in total. The molecule has 0 bridgehead atoms. The fourth-order valence-corrected chi connectivity index (χ4v) is 1.68. The molecule has 0 spiro atoms. The van der Waals surface area contributed by atoms with Gasteiger partial charge in [0.15, 0.2) is 5.78 Å². The molecule has 86 valence electrons. The van der Waals surface area contributed by atoms with Gasteiger partial charge in [-0.3, -0.25) is 4.79 Å². The molecule has 0 saturated carbocycles. The van der Waals surface area contributed by atoms with Crippen LogP contribution in [0.1, 0.15) is 27.0 Å². The fourth-order valence-electron chi connectivity index (χ4n) is 1.68. The van der Waals surface area contributed by atoms with Crippen LogP contribution in [0.25, 0.3) is 0 Å². The summed E-state index contributed by atoms with van der Waals surface area (Å²) in [4.78, 5) is 12.1. The van der Waals surface area contributed by atoms with Gasteiger partial charge in [0.25, 0.3) is 0 Å². The predicted molar refractivity (Wildman–Crippen MR) is 65.7 cm³/mol. The molecule has 2 rings (SSSR count). The Bertz CT molecular complexity index is 573. The van der Waals surface area contributed by atoms with E-state index in [0.717, 1.165) is 11.1 Å². The van der Waals surface area contributed by atoms with Crippen LogP contribution in [-0.4, -0.2) is 5.78 Å². The molecule has 0 aliphatic rings. The zero-order valence-electron chi connectivity index (χ0n) is 9.83. The summed E-state index contributed by atoms with van der Waals surface area (Å²) in [5, 5.41) is 0. The second kappa shape index (κ2) is 4.50. The Morgan fingerprint density at radius 2 is 1.71 bits per heavy atom. The minimum atomic E-state index is -0.476. The van der Waals surface area contributed by atoms with Gasteiger partial charge in [-0.15, -0.1) is 0 Å². The summed E-state index contributed by atoms with van der Waals surface area (Å²) in [5.41, 5.74) is 2.80. The number of carbonyl (C=O) groups excluding carboxylic acids is 1. The van der Waals surface area contributed by atoms with Crippen molar-refractivity contribution in [2.45, 2.75) is 13.8 Å². The van der Waals surface area contributed by atoms with E-state index in [1.54, 1.807) is 24.3 Å². The van der Waals surface area contributed by atoms with Gasteiger partial charge in [0, 0.05) is 5.56 Å². The van der Waals surface area contributed by atoms with Gasteiger partial charge < -0.3 is 0 Å². The molecule has 0 aliphatic heterocycles. The summed E-state index contributed by atoms with van der Waals surface area (Å²) in [6, 6.07) is 11.5. The quantitative estimate of drug-likeness (QED) is 0.717. The van der Waals surface area contributed by atoms with Gasteiger partial charge in [0.1, 0.15) is 5.82 Å².